The van der Waals surface area contributed by atoms with Crippen LogP contribution in [0.15, 0.2) is 29.1 Å². The minimum Gasteiger partial charge on any atom is -0.495 e. The van der Waals surface area contributed by atoms with Crippen LogP contribution in [-0.4, -0.2) is 41.6 Å². The number of para-hydroxylation sites is 2. The number of benzene rings is 1. The van der Waals surface area contributed by atoms with Crippen LogP contribution in [0, 0.1) is 5.92 Å². The van der Waals surface area contributed by atoms with Crippen LogP contribution in [0.25, 0.3) is 10.2 Å². The highest BCUT2D eigenvalue weighted by Crippen LogP contribution is 2.36. The SMILES string of the molecule is COc1ccccc1NC(=O)Cn1c(CN(C)C)nc2sc3c(c2c1=O)CCC(C)C3. The molecule has 164 valence electrons. The normalized spacial score (nSPS) is 15.8. The summed E-state index contributed by atoms with van der Waals surface area (Å²) in [5, 5.41) is 3.56. The summed E-state index contributed by atoms with van der Waals surface area (Å²) < 4.78 is 6.84. The monoisotopic (exact) mass is 440 g/mol. The molecule has 7 nitrogen and oxygen atoms in total. The molecule has 3 aromatic rings. The number of methoxy groups -OCH3 is 1. The predicted octanol–water partition coefficient (Wildman–Crippen LogP) is 3.29. The summed E-state index contributed by atoms with van der Waals surface area (Å²) in [6.07, 6.45) is 2.97. The van der Waals surface area contributed by atoms with E-state index >= 15 is 0 Å². The number of carbonyl (C=O) groups excluding carboxylic acids is 1. The second kappa shape index (κ2) is 8.80. The van der Waals surface area contributed by atoms with E-state index in [1.54, 1.807) is 30.6 Å². The fourth-order valence-electron chi connectivity index (χ4n) is 4.11. The summed E-state index contributed by atoms with van der Waals surface area (Å²) in [4.78, 5) is 35.3. The van der Waals surface area contributed by atoms with Crippen molar-refractivity contribution in [3.8, 4) is 5.75 Å². The molecule has 1 aliphatic rings. The molecule has 0 fully saturated rings. The van der Waals surface area contributed by atoms with Crippen molar-refractivity contribution in [2.24, 2.45) is 5.92 Å². The number of amides is 1. The average molecular weight is 441 g/mol. The molecule has 0 spiro atoms. The number of aryl methyl sites for hydroxylation is 1. The fourth-order valence-corrected chi connectivity index (χ4v) is 5.51. The molecule has 1 amide bonds. The molecule has 0 saturated heterocycles. The first-order valence-electron chi connectivity index (χ1n) is 10.5. The quantitative estimate of drug-likeness (QED) is 0.637. The standard InChI is InChI=1S/C23H28N4O3S/c1-14-9-10-15-18(11-14)31-22-21(15)23(29)27(19(25-22)12-26(2)3)13-20(28)24-16-7-5-6-8-17(16)30-4/h5-8,14H,9-13H2,1-4H3,(H,24,28). The minimum absolute atomic E-state index is 0.0932. The number of thiophene rings is 1. The average Bonchev–Trinajstić information content (AvgIpc) is 3.08. The van der Waals surface area contributed by atoms with Crippen LogP contribution in [0.2, 0.25) is 0 Å². The van der Waals surface area contributed by atoms with Gasteiger partial charge >= 0.3 is 0 Å². The van der Waals surface area contributed by atoms with Gasteiger partial charge in [-0.1, -0.05) is 19.1 Å². The van der Waals surface area contributed by atoms with E-state index in [2.05, 4.69) is 12.2 Å². The van der Waals surface area contributed by atoms with Gasteiger partial charge < -0.3 is 15.0 Å². The van der Waals surface area contributed by atoms with E-state index in [9.17, 15) is 9.59 Å². The van der Waals surface area contributed by atoms with E-state index in [0.717, 1.165) is 29.7 Å². The lowest BCUT2D eigenvalue weighted by Gasteiger charge is -2.18. The van der Waals surface area contributed by atoms with Gasteiger partial charge in [-0.3, -0.25) is 14.2 Å². The fraction of sp³-hybridized carbons (Fsp3) is 0.435. The molecule has 8 heteroatoms. The Hall–Kier alpha value is -2.71. The highest BCUT2D eigenvalue weighted by molar-refractivity contribution is 7.18. The van der Waals surface area contributed by atoms with Gasteiger partial charge in [-0.25, -0.2) is 4.98 Å². The van der Waals surface area contributed by atoms with Gasteiger partial charge in [0.15, 0.2) is 0 Å². The molecule has 1 atom stereocenters. The van der Waals surface area contributed by atoms with Gasteiger partial charge in [-0.2, -0.15) is 0 Å². The van der Waals surface area contributed by atoms with Crippen LogP contribution < -0.4 is 15.6 Å². The van der Waals surface area contributed by atoms with Gasteiger partial charge in [-0.05, 0) is 57.0 Å². The summed E-state index contributed by atoms with van der Waals surface area (Å²) in [5.41, 5.74) is 1.59. The molecular formula is C23H28N4O3S. The molecule has 1 aliphatic carbocycles. The number of carbonyl (C=O) groups is 1. The van der Waals surface area contributed by atoms with Crippen molar-refractivity contribution in [1.29, 1.82) is 0 Å². The van der Waals surface area contributed by atoms with Crippen LogP contribution in [-0.2, 0) is 30.7 Å². The lowest BCUT2D eigenvalue weighted by atomic mass is 9.89. The van der Waals surface area contributed by atoms with E-state index in [0.29, 0.717) is 35.1 Å². The van der Waals surface area contributed by atoms with Crippen LogP contribution >= 0.6 is 11.3 Å². The van der Waals surface area contributed by atoms with Crippen molar-refractivity contribution in [3.63, 3.8) is 0 Å². The van der Waals surface area contributed by atoms with Crippen molar-refractivity contribution in [1.82, 2.24) is 14.5 Å². The molecule has 0 saturated carbocycles. The molecule has 1 N–H and O–H groups in total. The van der Waals surface area contributed by atoms with E-state index < -0.39 is 0 Å². The van der Waals surface area contributed by atoms with Crippen LogP contribution in [0.4, 0.5) is 5.69 Å². The molecule has 0 bridgehead atoms. The molecule has 0 radical (unpaired) electrons. The zero-order valence-corrected chi connectivity index (χ0v) is 19.2. The second-order valence-electron chi connectivity index (χ2n) is 8.44. The topological polar surface area (TPSA) is 76.5 Å². The second-order valence-corrected chi connectivity index (χ2v) is 9.52. The Balaban J connectivity index is 1.73. The Morgan fingerprint density at radius 1 is 1.35 bits per heavy atom. The molecule has 2 heterocycles. The summed E-state index contributed by atoms with van der Waals surface area (Å²) in [6.45, 7) is 2.63. The predicted molar refractivity (Wildman–Crippen MR) is 124 cm³/mol. The number of nitrogens with one attached hydrogen (secondary N) is 1. The highest BCUT2D eigenvalue weighted by atomic mass is 32.1. The summed E-state index contributed by atoms with van der Waals surface area (Å²) >= 11 is 1.63. The first kappa shape index (κ1) is 21.5. The zero-order valence-electron chi connectivity index (χ0n) is 18.4. The number of fused-ring (bicyclic) bond motifs is 3. The molecule has 2 aromatic heterocycles. The first-order chi connectivity index (χ1) is 14.9. The third-order valence-electron chi connectivity index (χ3n) is 5.63. The summed E-state index contributed by atoms with van der Waals surface area (Å²) in [5.74, 6) is 1.51. The number of ether oxygens (including phenoxy) is 1. The van der Waals surface area contributed by atoms with Crippen molar-refractivity contribution < 1.29 is 9.53 Å². The Bertz CT molecular complexity index is 1180. The summed E-state index contributed by atoms with van der Waals surface area (Å²) in [6, 6.07) is 7.23. The number of anilines is 1. The van der Waals surface area contributed by atoms with Crippen molar-refractivity contribution >= 4 is 33.1 Å². The molecular weight excluding hydrogens is 412 g/mol. The number of hydrogen-bond donors (Lipinski definition) is 1. The zero-order chi connectivity index (χ0) is 22.1. The number of nitrogens with zero attached hydrogens (tertiary/aromatic N) is 3. The van der Waals surface area contributed by atoms with E-state index in [4.69, 9.17) is 9.72 Å². The van der Waals surface area contributed by atoms with Gasteiger partial charge in [0.2, 0.25) is 5.91 Å². The highest BCUT2D eigenvalue weighted by Gasteiger charge is 2.25. The maximum Gasteiger partial charge on any atom is 0.263 e. The van der Waals surface area contributed by atoms with Crippen LogP contribution in [0.1, 0.15) is 29.6 Å². The van der Waals surface area contributed by atoms with Gasteiger partial charge in [0.25, 0.3) is 5.56 Å². The van der Waals surface area contributed by atoms with Crippen molar-refractivity contribution in [2.45, 2.75) is 39.3 Å². The molecule has 31 heavy (non-hydrogen) atoms. The van der Waals surface area contributed by atoms with Crippen molar-refractivity contribution in [2.75, 3.05) is 26.5 Å². The lowest BCUT2D eigenvalue weighted by Crippen LogP contribution is -2.33. The maximum atomic E-state index is 13.6. The molecule has 1 unspecified atom stereocenters. The number of rotatable bonds is 6. The van der Waals surface area contributed by atoms with Gasteiger partial charge in [0, 0.05) is 4.88 Å². The third kappa shape index (κ3) is 4.36. The van der Waals surface area contributed by atoms with Gasteiger partial charge in [0.1, 0.15) is 22.9 Å². The van der Waals surface area contributed by atoms with E-state index in [1.165, 1.54) is 9.44 Å². The first-order valence-corrected chi connectivity index (χ1v) is 11.3. The van der Waals surface area contributed by atoms with Crippen LogP contribution in [0.5, 0.6) is 5.75 Å². The smallest absolute Gasteiger partial charge is 0.263 e. The van der Waals surface area contributed by atoms with E-state index in [-0.39, 0.29) is 18.0 Å². The molecule has 4 rings (SSSR count). The van der Waals surface area contributed by atoms with Gasteiger partial charge in [0.05, 0.1) is 24.7 Å². The Kier molecular flexibility index (Phi) is 6.11. The lowest BCUT2D eigenvalue weighted by molar-refractivity contribution is -0.116. The largest absolute Gasteiger partial charge is 0.495 e. The van der Waals surface area contributed by atoms with Crippen molar-refractivity contribution in [3.05, 3.63) is 50.9 Å². The van der Waals surface area contributed by atoms with E-state index in [1.807, 2.05) is 31.1 Å². The number of hydrogen-bond acceptors (Lipinski definition) is 6. The Morgan fingerprint density at radius 3 is 2.87 bits per heavy atom. The molecule has 1 aromatic carbocycles. The Morgan fingerprint density at radius 2 is 2.13 bits per heavy atom. The number of aromatic nitrogens is 2. The maximum absolute atomic E-state index is 13.6. The third-order valence-corrected chi connectivity index (χ3v) is 6.78. The molecule has 0 aliphatic heterocycles. The minimum atomic E-state index is -0.287. The van der Waals surface area contributed by atoms with Gasteiger partial charge in [-0.15, -0.1) is 11.3 Å². The van der Waals surface area contributed by atoms with Crippen LogP contribution in [0.3, 0.4) is 0 Å². The summed E-state index contributed by atoms with van der Waals surface area (Å²) in [7, 11) is 5.41. The Labute approximate surface area is 185 Å².